The summed E-state index contributed by atoms with van der Waals surface area (Å²) in [5.74, 6) is 1.34. The number of carbonyl (C=O) groups is 2. The van der Waals surface area contributed by atoms with Gasteiger partial charge in [-0.05, 0) is 36.1 Å². The number of hydrogen-bond acceptors (Lipinski definition) is 3. The van der Waals surface area contributed by atoms with Crippen molar-refractivity contribution in [1.82, 2.24) is 4.90 Å². The molecule has 5 heteroatoms. The number of hydrogen-bond donors (Lipinski definition) is 1. The highest BCUT2D eigenvalue weighted by atomic mass is 16.5. The molecule has 0 aliphatic carbocycles. The van der Waals surface area contributed by atoms with Gasteiger partial charge in [0.15, 0.2) is 6.61 Å². The normalized spacial score (nSPS) is 10.7. The fourth-order valence-corrected chi connectivity index (χ4v) is 2.23. The van der Waals surface area contributed by atoms with Gasteiger partial charge in [0.1, 0.15) is 5.75 Å². The molecule has 0 radical (unpaired) electrons. The van der Waals surface area contributed by atoms with Crippen molar-refractivity contribution >= 4 is 17.5 Å². The smallest absolute Gasteiger partial charge is 0.260 e. The van der Waals surface area contributed by atoms with E-state index in [-0.39, 0.29) is 18.4 Å². The standard InChI is InChI=1S/C18H28N2O3/c1-13(2)10-20(11-14(3)4)18(22)12-23-17-8-6-16(7-9-17)19-15(5)21/h6-9,13-14H,10-12H2,1-5H3,(H,19,21). The minimum absolute atomic E-state index is 0.00154. The summed E-state index contributed by atoms with van der Waals surface area (Å²) in [6.07, 6.45) is 0. The summed E-state index contributed by atoms with van der Waals surface area (Å²) in [7, 11) is 0. The van der Waals surface area contributed by atoms with Gasteiger partial charge in [0.2, 0.25) is 5.91 Å². The molecule has 0 fully saturated rings. The molecule has 0 unspecified atom stereocenters. The molecule has 5 nitrogen and oxygen atoms in total. The third-order valence-electron chi connectivity index (χ3n) is 3.06. The molecular weight excluding hydrogens is 292 g/mol. The third-order valence-corrected chi connectivity index (χ3v) is 3.06. The Bertz CT molecular complexity index is 500. The van der Waals surface area contributed by atoms with E-state index >= 15 is 0 Å². The van der Waals surface area contributed by atoms with E-state index in [0.29, 0.717) is 23.3 Å². The SMILES string of the molecule is CC(=O)Nc1ccc(OCC(=O)N(CC(C)C)CC(C)C)cc1. The van der Waals surface area contributed by atoms with Gasteiger partial charge >= 0.3 is 0 Å². The molecule has 0 aliphatic rings. The van der Waals surface area contributed by atoms with Gasteiger partial charge in [-0.1, -0.05) is 27.7 Å². The Morgan fingerprint density at radius 2 is 1.57 bits per heavy atom. The molecule has 1 N–H and O–H groups in total. The minimum Gasteiger partial charge on any atom is -0.484 e. The number of ether oxygens (including phenoxy) is 1. The van der Waals surface area contributed by atoms with E-state index in [2.05, 4.69) is 33.0 Å². The molecule has 0 saturated heterocycles. The number of rotatable bonds is 8. The molecule has 23 heavy (non-hydrogen) atoms. The third kappa shape index (κ3) is 7.68. The van der Waals surface area contributed by atoms with Crippen LogP contribution in [0.15, 0.2) is 24.3 Å². The molecule has 2 amide bonds. The number of nitrogens with zero attached hydrogens (tertiary/aromatic N) is 1. The van der Waals surface area contributed by atoms with Crippen molar-refractivity contribution in [3.63, 3.8) is 0 Å². The zero-order valence-corrected chi connectivity index (χ0v) is 14.8. The van der Waals surface area contributed by atoms with Crippen molar-refractivity contribution in [2.45, 2.75) is 34.6 Å². The monoisotopic (exact) mass is 320 g/mol. The Balaban J connectivity index is 2.56. The molecule has 0 saturated carbocycles. The zero-order chi connectivity index (χ0) is 17.4. The summed E-state index contributed by atoms with van der Waals surface area (Å²) in [6.45, 7) is 11.4. The molecule has 1 rings (SSSR count). The van der Waals surface area contributed by atoms with Crippen LogP contribution in [0.2, 0.25) is 0 Å². The molecule has 0 spiro atoms. The Labute approximate surface area is 139 Å². The molecule has 1 aromatic carbocycles. The van der Waals surface area contributed by atoms with E-state index in [9.17, 15) is 9.59 Å². The minimum atomic E-state index is -0.119. The van der Waals surface area contributed by atoms with Crippen molar-refractivity contribution in [3.05, 3.63) is 24.3 Å². The van der Waals surface area contributed by atoms with Gasteiger partial charge in [-0.25, -0.2) is 0 Å². The maximum Gasteiger partial charge on any atom is 0.260 e. The molecule has 0 heterocycles. The average Bonchev–Trinajstić information content (AvgIpc) is 2.44. The maximum absolute atomic E-state index is 12.3. The van der Waals surface area contributed by atoms with Crippen molar-refractivity contribution in [1.29, 1.82) is 0 Å². The fourth-order valence-electron chi connectivity index (χ4n) is 2.23. The van der Waals surface area contributed by atoms with Crippen LogP contribution in [0, 0.1) is 11.8 Å². The van der Waals surface area contributed by atoms with Gasteiger partial charge in [0.25, 0.3) is 5.91 Å². The topological polar surface area (TPSA) is 58.6 Å². The molecule has 0 bridgehead atoms. The van der Waals surface area contributed by atoms with Crippen LogP contribution >= 0.6 is 0 Å². The zero-order valence-electron chi connectivity index (χ0n) is 14.8. The average molecular weight is 320 g/mol. The number of anilines is 1. The predicted molar refractivity (Wildman–Crippen MR) is 92.5 cm³/mol. The summed E-state index contributed by atoms with van der Waals surface area (Å²) in [6, 6.07) is 6.99. The van der Waals surface area contributed by atoms with E-state index in [1.165, 1.54) is 6.92 Å². The van der Waals surface area contributed by atoms with Crippen molar-refractivity contribution in [2.24, 2.45) is 11.8 Å². The molecular formula is C18H28N2O3. The van der Waals surface area contributed by atoms with E-state index in [1.54, 1.807) is 24.3 Å². The fraction of sp³-hybridized carbons (Fsp3) is 0.556. The summed E-state index contributed by atoms with van der Waals surface area (Å²) in [5.41, 5.74) is 0.706. The van der Waals surface area contributed by atoms with Gasteiger partial charge in [-0.3, -0.25) is 9.59 Å². The quantitative estimate of drug-likeness (QED) is 0.800. The lowest BCUT2D eigenvalue weighted by molar-refractivity contribution is -0.134. The number of nitrogens with one attached hydrogen (secondary N) is 1. The van der Waals surface area contributed by atoms with Crippen molar-refractivity contribution in [3.8, 4) is 5.75 Å². The number of carbonyl (C=O) groups excluding carboxylic acids is 2. The second-order valence-corrected chi connectivity index (χ2v) is 6.58. The first-order valence-electron chi connectivity index (χ1n) is 8.06. The summed E-state index contributed by atoms with van der Waals surface area (Å²) < 4.78 is 5.57. The van der Waals surface area contributed by atoms with Crippen LogP contribution in [0.3, 0.4) is 0 Å². The Hall–Kier alpha value is -2.04. The molecule has 0 aliphatic heterocycles. The van der Waals surface area contributed by atoms with E-state index in [0.717, 1.165) is 13.1 Å². The number of benzene rings is 1. The molecule has 0 aromatic heterocycles. The summed E-state index contributed by atoms with van der Waals surface area (Å²) >= 11 is 0. The Morgan fingerprint density at radius 1 is 1.04 bits per heavy atom. The molecule has 128 valence electrons. The second-order valence-electron chi connectivity index (χ2n) is 6.58. The summed E-state index contributed by atoms with van der Waals surface area (Å²) in [5, 5.41) is 2.69. The van der Waals surface area contributed by atoms with Crippen LogP contribution in [0.5, 0.6) is 5.75 Å². The second kappa shape index (κ2) is 9.18. The largest absolute Gasteiger partial charge is 0.484 e. The van der Waals surface area contributed by atoms with Gasteiger partial charge in [0.05, 0.1) is 0 Å². The van der Waals surface area contributed by atoms with Crippen LogP contribution in [0.25, 0.3) is 0 Å². The first-order chi connectivity index (χ1) is 10.8. The highest BCUT2D eigenvalue weighted by Crippen LogP contribution is 2.16. The van der Waals surface area contributed by atoms with Gasteiger partial charge in [0, 0.05) is 25.7 Å². The van der Waals surface area contributed by atoms with Gasteiger partial charge in [-0.15, -0.1) is 0 Å². The van der Waals surface area contributed by atoms with Gasteiger partial charge in [-0.2, -0.15) is 0 Å². The molecule has 1 aromatic rings. The van der Waals surface area contributed by atoms with Crippen LogP contribution in [0.1, 0.15) is 34.6 Å². The lowest BCUT2D eigenvalue weighted by Crippen LogP contribution is -2.39. The lowest BCUT2D eigenvalue weighted by atomic mass is 10.1. The van der Waals surface area contributed by atoms with E-state index in [4.69, 9.17) is 4.74 Å². The van der Waals surface area contributed by atoms with Crippen LogP contribution < -0.4 is 10.1 Å². The number of amides is 2. The highest BCUT2D eigenvalue weighted by molar-refractivity contribution is 5.88. The van der Waals surface area contributed by atoms with Crippen LogP contribution in [-0.2, 0) is 9.59 Å². The lowest BCUT2D eigenvalue weighted by Gasteiger charge is -2.26. The van der Waals surface area contributed by atoms with Crippen LogP contribution in [0.4, 0.5) is 5.69 Å². The van der Waals surface area contributed by atoms with Crippen molar-refractivity contribution in [2.75, 3.05) is 25.0 Å². The first-order valence-corrected chi connectivity index (χ1v) is 8.06. The Kier molecular flexibility index (Phi) is 7.59. The Morgan fingerprint density at radius 3 is 2.00 bits per heavy atom. The van der Waals surface area contributed by atoms with E-state index in [1.807, 2.05) is 4.90 Å². The van der Waals surface area contributed by atoms with Crippen molar-refractivity contribution < 1.29 is 14.3 Å². The predicted octanol–water partition coefficient (Wildman–Crippen LogP) is 3.16. The summed E-state index contributed by atoms with van der Waals surface area (Å²) in [4.78, 5) is 25.2. The maximum atomic E-state index is 12.3. The first kappa shape index (κ1) is 19.0. The molecule has 0 atom stereocenters. The van der Waals surface area contributed by atoms with Crippen LogP contribution in [-0.4, -0.2) is 36.4 Å². The van der Waals surface area contributed by atoms with Gasteiger partial charge < -0.3 is 15.0 Å². The highest BCUT2D eigenvalue weighted by Gasteiger charge is 2.16. The van der Waals surface area contributed by atoms with E-state index < -0.39 is 0 Å².